The number of morpholine rings is 1. The number of nitrogens with zero attached hydrogens (tertiary/aromatic N) is 4. The molecule has 32 heavy (non-hydrogen) atoms. The normalized spacial score (nSPS) is 21.1. The van der Waals surface area contributed by atoms with Gasteiger partial charge in [0.15, 0.2) is 0 Å². The first-order chi connectivity index (χ1) is 15.3. The molecule has 0 aliphatic carbocycles. The zero-order valence-corrected chi connectivity index (χ0v) is 19.8. The SMILES string of the molecule is CCn1nc(C)c(CCC(=O)N2CCCC2(COC(C)=O)CC(=O)N2CCOCC2)c1C. The molecule has 2 saturated heterocycles. The average molecular weight is 449 g/mol. The van der Waals surface area contributed by atoms with Crippen molar-refractivity contribution < 1.29 is 23.9 Å². The zero-order chi connectivity index (χ0) is 23.3. The molecule has 0 bridgehead atoms. The van der Waals surface area contributed by atoms with E-state index in [2.05, 4.69) is 5.10 Å². The van der Waals surface area contributed by atoms with Crippen LogP contribution in [0.15, 0.2) is 0 Å². The Bertz CT molecular complexity index is 846. The first-order valence-corrected chi connectivity index (χ1v) is 11.6. The van der Waals surface area contributed by atoms with E-state index < -0.39 is 11.5 Å². The summed E-state index contributed by atoms with van der Waals surface area (Å²) in [6.07, 6.45) is 2.54. The summed E-state index contributed by atoms with van der Waals surface area (Å²) in [5.74, 6) is -0.427. The quantitative estimate of drug-likeness (QED) is 0.561. The molecule has 178 valence electrons. The Balaban J connectivity index is 1.74. The number of hydrogen-bond donors (Lipinski definition) is 0. The molecule has 1 atom stereocenters. The monoisotopic (exact) mass is 448 g/mol. The highest BCUT2D eigenvalue weighted by Crippen LogP contribution is 2.35. The summed E-state index contributed by atoms with van der Waals surface area (Å²) in [6, 6.07) is 0. The summed E-state index contributed by atoms with van der Waals surface area (Å²) in [4.78, 5) is 41.6. The minimum atomic E-state index is -0.782. The Kier molecular flexibility index (Phi) is 7.92. The number of aryl methyl sites for hydroxylation is 2. The molecule has 3 rings (SSSR count). The van der Waals surface area contributed by atoms with Crippen molar-refractivity contribution >= 4 is 17.8 Å². The topological polar surface area (TPSA) is 94.0 Å². The van der Waals surface area contributed by atoms with Crippen molar-refractivity contribution in [3.05, 3.63) is 17.0 Å². The lowest BCUT2D eigenvalue weighted by Crippen LogP contribution is -2.54. The Morgan fingerprint density at radius 3 is 2.47 bits per heavy atom. The molecule has 0 aromatic carbocycles. The smallest absolute Gasteiger partial charge is 0.302 e. The Hall–Kier alpha value is -2.42. The second-order valence-corrected chi connectivity index (χ2v) is 8.79. The number of ether oxygens (including phenoxy) is 2. The molecule has 2 fully saturated rings. The standard InChI is InChI=1S/C23H36N4O5/c1-5-27-18(3)20(17(2)24-27)7-8-21(29)26-10-6-9-23(26,16-32-19(4)28)15-22(30)25-11-13-31-14-12-25/h5-16H2,1-4H3. The fourth-order valence-corrected chi connectivity index (χ4v) is 4.93. The van der Waals surface area contributed by atoms with Crippen LogP contribution in [0.25, 0.3) is 0 Å². The molecule has 3 heterocycles. The lowest BCUT2D eigenvalue weighted by molar-refractivity contribution is -0.154. The van der Waals surface area contributed by atoms with Gasteiger partial charge in [-0.2, -0.15) is 5.10 Å². The fraction of sp³-hybridized carbons (Fsp3) is 0.739. The molecule has 0 N–H and O–H groups in total. The number of carbonyl (C=O) groups is 3. The van der Waals surface area contributed by atoms with Gasteiger partial charge in [0.1, 0.15) is 6.61 Å². The van der Waals surface area contributed by atoms with E-state index in [1.165, 1.54) is 6.92 Å². The molecule has 2 aliphatic heterocycles. The number of likely N-dealkylation sites (tertiary alicyclic amines) is 1. The van der Waals surface area contributed by atoms with Crippen LogP contribution in [0.1, 0.15) is 56.5 Å². The van der Waals surface area contributed by atoms with Crippen LogP contribution >= 0.6 is 0 Å². The third-order valence-electron chi connectivity index (χ3n) is 6.71. The fourth-order valence-electron chi connectivity index (χ4n) is 4.93. The molecule has 2 amide bonds. The van der Waals surface area contributed by atoms with E-state index in [-0.39, 0.29) is 24.8 Å². The van der Waals surface area contributed by atoms with Crippen LogP contribution in [0.2, 0.25) is 0 Å². The van der Waals surface area contributed by atoms with E-state index in [9.17, 15) is 14.4 Å². The predicted molar refractivity (Wildman–Crippen MR) is 118 cm³/mol. The van der Waals surface area contributed by atoms with Gasteiger partial charge in [0.25, 0.3) is 0 Å². The third kappa shape index (κ3) is 5.31. The Labute approximate surface area is 190 Å². The van der Waals surface area contributed by atoms with Crippen molar-refractivity contribution in [1.82, 2.24) is 19.6 Å². The van der Waals surface area contributed by atoms with Gasteiger partial charge in [-0.1, -0.05) is 0 Å². The van der Waals surface area contributed by atoms with Gasteiger partial charge < -0.3 is 19.3 Å². The minimum absolute atomic E-state index is 0.00696. The van der Waals surface area contributed by atoms with Crippen LogP contribution < -0.4 is 0 Å². The molecule has 1 aromatic heterocycles. The first-order valence-electron chi connectivity index (χ1n) is 11.6. The number of carbonyl (C=O) groups excluding carboxylic acids is 3. The van der Waals surface area contributed by atoms with Gasteiger partial charge in [-0.05, 0) is 45.6 Å². The van der Waals surface area contributed by atoms with Gasteiger partial charge >= 0.3 is 5.97 Å². The van der Waals surface area contributed by atoms with Crippen LogP contribution in [-0.2, 0) is 36.8 Å². The summed E-state index contributed by atoms with van der Waals surface area (Å²) < 4.78 is 12.7. The van der Waals surface area contributed by atoms with E-state index in [1.54, 1.807) is 9.80 Å². The van der Waals surface area contributed by atoms with Gasteiger partial charge in [-0.25, -0.2) is 0 Å². The third-order valence-corrected chi connectivity index (χ3v) is 6.71. The summed E-state index contributed by atoms with van der Waals surface area (Å²) in [5.41, 5.74) is 2.37. The molecule has 1 aromatic rings. The predicted octanol–water partition coefficient (Wildman–Crippen LogP) is 1.63. The number of rotatable bonds is 8. The minimum Gasteiger partial charge on any atom is -0.463 e. The van der Waals surface area contributed by atoms with E-state index in [4.69, 9.17) is 9.47 Å². The number of hydrogen-bond acceptors (Lipinski definition) is 6. The van der Waals surface area contributed by atoms with Crippen LogP contribution in [0.3, 0.4) is 0 Å². The maximum atomic E-state index is 13.3. The molecule has 0 saturated carbocycles. The summed E-state index contributed by atoms with van der Waals surface area (Å²) in [7, 11) is 0. The summed E-state index contributed by atoms with van der Waals surface area (Å²) >= 11 is 0. The number of aromatic nitrogens is 2. The van der Waals surface area contributed by atoms with Gasteiger partial charge in [0, 0.05) is 45.2 Å². The largest absolute Gasteiger partial charge is 0.463 e. The van der Waals surface area contributed by atoms with Gasteiger partial charge in [-0.3, -0.25) is 19.1 Å². The molecule has 0 radical (unpaired) electrons. The van der Waals surface area contributed by atoms with Crippen LogP contribution in [0.5, 0.6) is 0 Å². The van der Waals surface area contributed by atoms with Crippen LogP contribution in [0, 0.1) is 13.8 Å². The van der Waals surface area contributed by atoms with Crippen molar-refractivity contribution in [3.8, 4) is 0 Å². The van der Waals surface area contributed by atoms with Gasteiger partial charge in [0.2, 0.25) is 11.8 Å². The van der Waals surface area contributed by atoms with E-state index in [0.717, 1.165) is 29.9 Å². The molecule has 9 nitrogen and oxygen atoms in total. The second-order valence-electron chi connectivity index (χ2n) is 8.79. The Morgan fingerprint density at radius 2 is 1.84 bits per heavy atom. The van der Waals surface area contributed by atoms with E-state index >= 15 is 0 Å². The summed E-state index contributed by atoms with van der Waals surface area (Å²) in [5, 5.41) is 4.55. The van der Waals surface area contributed by atoms with Crippen LogP contribution in [0.4, 0.5) is 0 Å². The highest BCUT2D eigenvalue weighted by atomic mass is 16.5. The number of amides is 2. The zero-order valence-electron chi connectivity index (χ0n) is 19.8. The van der Waals surface area contributed by atoms with Crippen molar-refractivity contribution in [1.29, 1.82) is 0 Å². The lowest BCUT2D eigenvalue weighted by atomic mass is 9.91. The van der Waals surface area contributed by atoms with Crippen molar-refractivity contribution in [2.45, 2.75) is 71.9 Å². The highest BCUT2D eigenvalue weighted by Gasteiger charge is 2.46. The lowest BCUT2D eigenvalue weighted by Gasteiger charge is -2.39. The maximum Gasteiger partial charge on any atom is 0.302 e. The molecule has 1 unspecified atom stereocenters. The molecule has 0 spiro atoms. The Morgan fingerprint density at radius 1 is 1.12 bits per heavy atom. The second kappa shape index (κ2) is 10.5. The molecular formula is C23H36N4O5. The van der Waals surface area contributed by atoms with Crippen molar-refractivity contribution in [3.63, 3.8) is 0 Å². The maximum absolute atomic E-state index is 13.3. The first kappa shape index (κ1) is 24.2. The van der Waals surface area contributed by atoms with E-state index in [0.29, 0.717) is 52.1 Å². The molecule has 2 aliphatic rings. The molecular weight excluding hydrogens is 412 g/mol. The average Bonchev–Trinajstić information content (AvgIpc) is 3.31. The van der Waals surface area contributed by atoms with E-state index in [1.807, 2.05) is 25.5 Å². The van der Waals surface area contributed by atoms with Gasteiger partial charge in [0.05, 0.1) is 30.9 Å². The van der Waals surface area contributed by atoms with Crippen LogP contribution in [-0.4, -0.2) is 82.4 Å². The van der Waals surface area contributed by atoms with Crippen molar-refractivity contribution in [2.24, 2.45) is 0 Å². The molecule has 9 heteroatoms. The highest BCUT2D eigenvalue weighted by molar-refractivity contribution is 5.82. The summed E-state index contributed by atoms with van der Waals surface area (Å²) in [6.45, 7) is 11.0. The number of esters is 1. The van der Waals surface area contributed by atoms with Gasteiger partial charge in [-0.15, -0.1) is 0 Å². The van der Waals surface area contributed by atoms with Crippen molar-refractivity contribution in [2.75, 3.05) is 39.5 Å².